The van der Waals surface area contributed by atoms with Crippen LogP contribution in [0, 0.1) is 0 Å². The quantitative estimate of drug-likeness (QED) is 0.493. The van der Waals surface area contributed by atoms with Gasteiger partial charge in [0.05, 0.1) is 5.56 Å². The summed E-state index contributed by atoms with van der Waals surface area (Å²) in [6.07, 6.45) is 1.70. The predicted molar refractivity (Wildman–Crippen MR) is 81.2 cm³/mol. The van der Waals surface area contributed by atoms with Crippen molar-refractivity contribution in [2.45, 2.75) is 0 Å². The molecule has 0 fully saturated rings. The maximum atomic E-state index is 12.2. The minimum atomic E-state index is -0.513. The first-order valence-corrected chi connectivity index (χ1v) is 7.37. The van der Waals surface area contributed by atoms with Crippen molar-refractivity contribution >= 4 is 29.2 Å². The van der Waals surface area contributed by atoms with Gasteiger partial charge in [0.1, 0.15) is 18.1 Å². The molecule has 6 heteroatoms. The third kappa shape index (κ3) is 2.93. The van der Waals surface area contributed by atoms with Crippen molar-refractivity contribution in [3.05, 3.63) is 51.9 Å². The molecule has 1 aromatic carbocycles. The molecule has 0 unspecified atom stereocenters. The molecule has 0 saturated heterocycles. The van der Waals surface area contributed by atoms with Gasteiger partial charge in [0, 0.05) is 24.1 Å². The molecule has 0 atom stereocenters. The van der Waals surface area contributed by atoms with Crippen LogP contribution in [-0.4, -0.2) is 25.5 Å². The number of hydrogen-bond donors (Lipinski definition) is 0. The highest BCUT2D eigenvalue weighted by molar-refractivity contribution is 7.10. The third-order valence-corrected chi connectivity index (χ3v) is 3.77. The average Bonchev–Trinajstić information content (AvgIpc) is 3.09. The van der Waals surface area contributed by atoms with Gasteiger partial charge in [-0.15, -0.1) is 11.3 Å². The summed E-state index contributed by atoms with van der Waals surface area (Å²) in [4.78, 5) is 24.6. The third-order valence-electron chi connectivity index (χ3n) is 2.95. The van der Waals surface area contributed by atoms with E-state index in [1.54, 1.807) is 18.2 Å². The summed E-state index contributed by atoms with van der Waals surface area (Å²) < 4.78 is 15.3. The van der Waals surface area contributed by atoms with Gasteiger partial charge in [0.2, 0.25) is 5.78 Å². The molecule has 5 nitrogen and oxygen atoms in total. The number of fused-ring (bicyclic) bond motifs is 1. The fourth-order valence-corrected chi connectivity index (χ4v) is 2.66. The summed E-state index contributed by atoms with van der Waals surface area (Å²) in [6.45, 7) is -0.138. The van der Waals surface area contributed by atoms with Gasteiger partial charge in [0.15, 0.2) is 5.76 Å². The molecule has 3 rings (SSSR count). The first kappa shape index (κ1) is 14.5. The fourth-order valence-electron chi connectivity index (χ4n) is 2.01. The summed E-state index contributed by atoms with van der Waals surface area (Å²) in [5, 5.41) is 1.92. The zero-order chi connectivity index (χ0) is 15.5. The van der Waals surface area contributed by atoms with Gasteiger partial charge in [-0.2, -0.15) is 0 Å². The number of ether oxygens (including phenoxy) is 3. The van der Waals surface area contributed by atoms with Crippen LogP contribution in [0.4, 0.5) is 0 Å². The molecule has 22 heavy (non-hydrogen) atoms. The Morgan fingerprint density at radius 1 is 1.36 bits per heavy atom. The van der Waals surface area contributed by atoms with Gasteiger partial charge < -0.3 is 14.2 Å². The van der Waals surface area contributed by atoms with E-state index < -0.39 is 5.97 Å². The first-order valence-electron chi connectivity index (χ1n) is 6.49. The number of allylic oxidation sites excluding steroid dienone is 1. The molecule has 0 saturated carbocycles. The van der Waals surface area contributed by atoms with E-state index in [2.05, 4.69) is 0 Å². The largest absolute Gasteiger partial charge is 0.452 e. The molecule has 0 amide bonds. The Hall–Kier alpha value is -2.44. The Morgan fingerprint density at radius 3 is 2.95 bits per heavy atom. The second-order valence-corrected chi connectivity index (χ2v) is 5.50. The Kier molecular flexibility index (Phi) is 4.04. The molecular formula is C16H12O5S. The number of carbonyl (C=O) groups excluding carboxylic acids is 2. The summed E-state index contributed by atoms with van der Waals surface area (Å²) in [5.41, 5.74) is 0.453. The number of ketones is 1. The number of Topliss-reactive ketones (excluding diaryl/α,β-unsaturated/α-hetero) is 1. The van der Waals surface area contributed by atoms with Gasteiger partial charge in [0.25, 0.3) is 0 Å². The zero-order valence-electron chi connectivity index (χ0n) is 11.7. The van der Waals surface area contributed by atoms with E-state index in [0.717, 1.165) is 4.88 Å². The molecular weight excluding hydrogens is 304 g/mol. The molecule has 0 aliphatic carbocycles. The summed E-state index contributed by atoms with van der Waals surface area (Å²) in [5.74, 6) is 0.263. The lowest BCUT2D eigenvalue weighted by Gasteiger charge is -2.04. The number of hydrogen-bond acceptors (Lipinski definition) is 6. The summed E-state index contributed by atoms with van der Waals surface area (Å²) in [7, 11) is 1.41. The van der Waals surface area contributed by atoms with Crippen molar-refractivity contribution in [1.82, 2.24) is 0 Å². The van der Waals surface area contributed by atoms with E-state index in [-0.39, 0.29) is 18.1 Å². The van der Waals surface area contributed by atoms with Crippen LogP contribution >= 0.6 is 11.3 Å². The van der Waals surface area contributed by atoms with Crippen LogP contribution in [0.3, 0.4) is 0 Å². The molecule has 1 aliphatic heterocycles. The molecule has 1 aromatic heterocycles. The van der Waals surface area contributed by atoms with Crippen LogP contribution in [0.5, 0.6) is 11.5 Å². The van der Waals surface area contributed by atoms with Crippen molar-refractivity contribution in [2.24, 2.45) is 0 Å². The SMILES string of the molecule is COCC(=O)Oc1ccc2c(c1)O/C(=C\c1cccs1)C2=O. The fraction of sp³-hybridized carbons (Fsp3) is 0.125. The van der Waals surface area contributed by atoms with Crippen LogP contribution in [0.25, 0.3) is 6.08 Å². The molecule has 0 N–H and O–H groups in total. The normalized spacial score (nSPS) is 14.8. The highest BCUT2D eigenvalue weighted by Gasteiger charge is 2.28. The zero-order valence-corrected chi connectivity index (χ0v) is 12.5. The lowest BCUT2D eigenvalue weighted by molar-refractivity contribution is -0.138. The Morgan fingerprint density at radius 2 is 2.23 bits per heavy atom. The second kappa shape index (κ2) is 6.13. The summed E-state index contributed by atoms with van der Waals surface area (Å²) in [6, 6.07) is 8.46. The molecule has 2 aromatic rings. The summed E-state index contributed by atoms with van der Waals surface area (Å²) >= 11 is 1.52. The van der Waals surface area contributed by atoms with E-state index in [0.29, 0.717) is 17.1 Å². The maximum Gasteiger partial charge on any atom is 0.337 e. The highest BCUT2D eigenvalue weighted by atomic mass is 32.1. The number of thiophene rings is 1. The standard InChI is InChI=1S/C16H12O5S/c1-19-9-15(17)20-10-4-5-12-13(7-10)21-14(16(12)18)8-11-3-2-6-22-11/h2-8H,9H2,1H3/b14-8-. The van der Waals surface area contributed by atoms with E-state index in [4.69, 9.17) is 14.2 Å². The van der Waals surface area contributed by atoms with Gasteiger partial charge >= 0.3 is 5.97 Å². The molecule has 0 bridgehead atoms. The molecule has 0 spiro atoms. The van der Waals surface area contributed by atoms with E-state index in [1.165, 1.54) is 24.5 Å². The molecule has 2 heterocycles. The Bertz CT molecular complexity index is 746. The lowest BCUT2D eigenvalue weighted by atomic mass is 10.1. The van der Waals surface area contributed by atoms with Crippen molar-refractivity contribution < 1.29 is 23.8 Å². The van der Waals surface area contributed by atoms with Crippen molar-refractivity contribution in [3.63, 3.8) is 0 Å². The minimum absolute atomic E-state index is 0.138. The smallest absolute Gasteiger partial charge is 0.337 e. The van der Waals surface area contributed by atoms with Crippen molar-refractivity contribution in [1.29, 1.82) is 0 Å². The Balaban J connectivity index is 1.82. The maximum absolute atomic E-state index is 12.2. The lowest BCUT2D eigenvalue weighted by Crippen LogP contribution is -2.14. The molecule has 0 radical (unpaired) electrons. The number of methoxy groups -OCH3 is 1. The highest BCUT2D eigenvalue weighted by Crippen LogP contribution is 2.35. The van der Waals surface area contributed by atoms with E-state index in [9.17, 15) is 9.59 Å². The van der Waals surface area contributed by atoms with Gasteiger partial charge in [-0.05, 0) is 23.6 Å². The van der Waals surface area contributed by atoms with Gasteiger partial charge in [-0.25, -0.2) is 4.79 Å². The van der Waals surface area contributed by atoms with Crippen LogP contribution in [0.1, 0.15) is 15.2 Å². The van der Waals surface area contributed by atoms with Crippen LogP contribution in [-0.2, 0) is 9.53 Å². The monoisotopic (exact) mass is 316 g/mol. The van der Waals surface area contributed by atoms with Crippen LogP contribution in [0.2, 0.25) is 0 Å². The number of benzene rings is 1. The molecule has 112 valence electrons. The molecule has 1 aliphatic rings. The topological polar surface area (TPSA) is 61.8 Å². The van der Waals surface area contributed by atoms with Crippen molar-refractivity contribution in [3.8, 4) is 11.5 Å². The average molecular weight is 316 g/mol. The number of esters is 1. The second-order valence-electron chi connectivity index (χ2n) is 4.52. The van der Waals surface area contributed by atoms with Gasteiger partial charge in [-0.1, -0.05) is 6.07 Å². The van der Waals surface area contributed by atoms with Crippen LogP contribution in [0.15, 0.2) is 41.5 Å². The number of carbonyl (C=O) groups is 2. The number of rotatable bonds is 4. The first-order chi connectivity index (χ1) is 10.7. The Labute approximate surface area is 130 Å². The van der Waals surface area contributed by atoms with Gasteiger partial charge in [-0.3, -0.25) is 4.79 Å². The van der Waals surface area contributed by atoms with E-state index in [1.807, 2.05) is 17.5 Å². The predicted octanol–water partition coefficient (Wildman–Crippen LogP) is 2.92. The van der Waals surface area contributed by atoms with E-state index >= 15 is 0 Å². The minimum Gasteiger partial charge on any atom is -0.452 e. The van der Waals surface area contributed by atoms with Crippen molar-refractivity contribution in [2.75, 3.05) is 13.7 Å². The van der Waals surface area contributed by atoms with Crippen LogP contribution < -0.4 is 9.47 Å².